The zero-order valence-corrected chi connectivity index (χ0v) is 12.8. The predicted octanol–water partition coefficient (Wildman–Crippen LogP) is 3.14. The summed E-state index contributed by atoms with van der Waals surface area (Å²) in [5.41, 5.74) is 0.987. The molecule has 0 spiro atoms. The molecule has 2 aromatic rings. The molecule has 0 aliphatic carbocycles. The third kappa shape index (κ3) is 3.97. The minimum atomic E-state index is -0.593. The van der Waals surface area contributed by atoms with Gasteiger partial charge in [0.15, 0.2) is 17.8 Å². The molecule has 0 N–H and O–H groups in total. The summed E-state index contributed by atoms with van der Waals surface area (Å²) in [6.45, 7) is 0. The highest BCUT2D eigenvalue weighted by atomic mass is 16.5. The Morgan fingerprint density at radius 3 is 2.30 bits per heavy atom. The summed E-state index contributed by atoms with van der Waals surface area (Å²) in [6.07, 6.45) is 3.46. The molecule has 0 unspecified atom stereocenters. The molecule has 23 heavy (non-hydrogen) atoms. The summed E-state index contributed by atoms with van der Waals surface area (Å²) in [6, 6.07) is 11.8. The standard InChI is InChI=1S/C18H16O5/c1-21-16-9-5-7-13(18(16)22-2)10-11-17(20)23-15-8-4-3-6-14(15)12-19/h3-12H,1-2H3/b11-10+. The number of benzene rings is 2. The van der Waals surface area contributed by atoms with E-state index in [9.17, 15) is 9.59 Å². The van der Waals surface area contributed by atoms with Crippen LogP contribution in [0.2, 0.25) is 0 Å². The van der Waals surface area contributed by atoms with E-state index in [0.29, 0.717) is 28.9 Å². The van der Waals surface area contributed by atoms with Crippen LogP contribution >= 0.6 is 0 Å². The second kappa shape index (κ2) is 7.79. The summed E-state index contributed by atoms with van der Waals surface area (Å²) in [4.78, 5) is 22.8. The SMILES string of the molecule is COc1cccc(/C=C/C(=O)Oc2ccccc2C=O)c1OC. The number of para-hydroxylation sites is 2. The third-order valence-electron chi connectivity index (χ3n) is 3.09. The second-order valence-electron chi connectivity index (χ2n) is 4.49. The summed E-state index contributed by atoms with van der Waals surface area (Å²) >= 11 is 0. The fourth-order valence-corrected chi connectivity index (χ4v) is 2.01. The van der Waals surface area contributed by atoms with Crippen LogP contribution in [0, 0.1) is 0 Å². The Kier molecular flexibility index (Phi) is 5.52. The van der Waals surface area contributed by atoms with E-state index < -0.39 is 5.97 Å². The van der Waals surface area contributed by atoms with Crippen molar-refractivity contribution in [2.45, 2.75) is 0 Å². The van der Waals surface area contributed by atoms with Crippen molar-refractivity contribution in [1.82, 2.24) is 0 Å². The topological polar surface area (TPSA) is 61.8 Å². The fraction of sp³-hybridized carbons (Fsp3) is 0.111. The zero-order chi connectivity index (χ0) is 16.7. The van der Waals surface area contributed by atoms with Crippen molar-refractivity contribution in [1.29, 1.82) is 0 Å². The van der Waals surface area contributed by atoms with Gasteiger partial charge in [0.25, 0.3) is 0 Å². The first-order valence-corrected chi connectivity index (χ1v) is 6.84. The monoisotopic (exact) mass is 312 g/mol. The molecule has 2 aromatic carbocycles. The summed E-state index contributed by atoms with van der Waals surface area (Å²) in [5, 5.41) is 0. The van der Waals surface area contributed by atoms with Crippen LogP contribution in [0.5, 0.6) is 17.2 Å². The van der Waals surface area contributed by atoms with E-state index in [-0.39, 0.29) is 5.75 Å². The molecule has 0 radical (unpaired) electrons. The number of hydrogen-bond acceptors (Lipinski definition) is 5. The largest absolute Gasteiger partial charge is 0.493 e. The number of esters is 1. The van der Waals surface area contributed by atoms with Crippen molar-refractivity contribution in [3.63, 3.8) is 0 Å². The van der Waals surface area contributed by atoms with Gasteiger partial charge in [-0.2, -0.15) is 0 Å². The van der Waals surface area contributed by atoms with Crippen LogP contribution in [0.25, 0.3) is 6.08 Å². The van der Waals surface area contributed by atoms with Crippen LogP contribution in [0.1, 0.15) is 15.9 Å². The van der Waals surface area contributed by atoms with Gasteiger partial charge in [-0.3, -0.25) is 4.79 Å². The molecule has 0 saturated carbocycles. The minimum absolute atomic E-state index is 0.217. The van der Waals surface area contributed by atoms with E-state index in [1.165, 1.54) is 20.3 Å². The highest BCUT2D eigenvalue weighted by Crippen LogP contribution is 2.31. The van der Waals surface area contributed by atoms with Crippen LogP contribution < -0.4 is 14.2 Å². The van der Waals surface area contributed by atoms with Crippen molar-refractivity contribution in [2.75, 3.05) is 14.2 Å². The van der Waals surface area contributed by atoms with E-state index in [1.54, 1.807) is 48.5 Å². The number of hydrogen-bond donors (Lipinski definition) is 0. The minimum Gasteiger partial charge on any atom is -0.493 e. The van der Waals surface area contributed by atoms with Gasteiger partial charge >= 0.3 is 5.97 Å². The lowest BCUT2D eigenvalue weighted by Gasteiger charge is -2.09. The van der Waals surface area contributed by atoms with Gasteiger partial charge in [0.05, 0.1) is 19.8 Å². The smallest absolute Gasteiger partial charge is 0.336 e. The first-order valence-electron chi connectivity index (χ1n) is 6.84. The average molecular weight is 312 g/mol. The quantitative estimate of drug-likeness (QED) is 0.355. The van der Waals surface area contributed by atoms with Crippen molar-refractivity contribution in [2.24, 2.45) is 0 Å². The summed E-state index contributed by atoms with van der Waals surface area (Å²) in [7, 11) is 3.06. The Bertz CT molecular complexity index is 734. The Morgan fingerprint density at radius 2 is 1.61 bits per heavy atom. The van der Waals surface area contributed by atoms with Crippen molar-refractivity contribution in [3.8, 4) is 17.2 Å². The molecule has 0 aliphatic heterocycles. The van der Waals surface area contributed by atoms with Gasteiger partial charge in [0.1, 0.15) is 5.75 Å². The molecule has 0 heterocycles. The molecule has 0 amide bonds. The Labute approximate surface area is 134 Å². The number of carbonyl (C=O) groups is 2. The third-order valence-corrected chi connectivity index (χ3v) is 3.09. The number of aldehydes is 1. The van der Waals surface area contributed by atoms with Gasteiger partial charge < -0.3 is 14.2 Å². The summed E-state index contributed by atoms with van der Waals surface area (Å²) in [5.74, 6) is 0.709. The molecule has 0 bridgehead atoms. The van der Waals surface area contributed by atoms with Crippen molar-refractivity contribution in [3.05, 3.63) is 59.7 Å². The van der Waals surface area contributed by atoms with Crippen molar-refractivity contribution >= 4 is 18.3 Å². The molecule has 5 heteroatoms. The number of methoxy groups -OCH3 is 2. The predicted molar refractivity (Wildman–Crippen MR) is 86.0 cm³/mol. The highest BCUT2D eigenvalue weighted by molar-refractivity contribution is 5.91. The average Bonchev–Trinajstić information content (AvgIpc) is 2.59. The lowest BCUT2D eigenvalue weighted by atomic mass is 10.1. The van der Waals surface area contributed by atoms with Crippen molar-refractivity contribution < 1.29 is 23.8 Å². The van der Waals surface area contributed by atoms with Gasteiger partial charge in [-0.05, 0) is 24.3 Å². The van der Waals surface area contributed by atoms with Gasteiger partial charge in [-0.15, -0.1) is 0 Å². The molecular formula is C18H16O5. The molecule has 0 saturated heterocycles. The van der Waals surface area contributed by atoms with Crippen LogP contribution in [-0.2, 0) is 4.79 Å². The Morgan fingerprint density at radius 1 is 0.913 bits per heavy atom. The lowest BCUT2D eigenvalue weighted by Crippen LogP contribution is -2.05. The molecule has 0 aromatic heterocycles. The molecular weight excluding hydrogens is 296 g/mol. The van der Waals surface area contributed by atoms with Gasteiger partial charge in [-0.1, -0.05) is 24.3 Å². The van der Waals surface area contributed by atoms with E-state index >= 15 is 0 Å². The first kappa shape index (κ1) is 16.3. The second-order valence-corrected chi connectivity index (χ2v) is 4.49. The van der Waals surface area contributed by atoms with E-state index in [2.05, 4.69) is 0 Å². The normalized spacial score (nSPS) is 10.3. The highest BCUT2D eigenvalue weighted by Gasteiger charge is 2.09. The maximum absolute atomic E-state index is 11.9. The molecule has 0 fully saturated rings. The summed E-state index contributed by atoms with van der Waals surface area (Å²) < 4.78 is 15.6. The van der Waals surface area contributed by atoms with Gasteiger partial charge in [0.2, 0.25) is 0 Å². The van der Waals surface area contributed by atoms with Crippen LogP contribution in [-0.4, -0.2) is 26.5 Å². The Balaban J connectivity index is 2.17. The maximum Gasteiger partial charge on any atom is 0.336 e. The first-order chi connectivity index (χ1) is 11.2. The number of ether oxygens (including phenoxy) is 3. The molecule has 0 atom stereocenters. The molecule has 118 valence electrons. The lowest BCUT2D eigenvalue weighted by molar-refractivity contribution is -0.128. The molecule has 2 rings (SSSR count). The molecule has 0 aliphatic rings. The van der Waals surface area contributed by atoms with Crippen LogP contribution in [0.4, 0.5) is 0 Å². The van der Waals surface area contributed by atoms with Crippen LogP contribution in [0.3, 0.4) is 0 Å². The fourth-order valence-electron chi connectivity index (χ4n) is 2.01. The number of rotatable bonds is 6. The maximum atomic E-state index is 11.9. The van der Waals surface area contributed by atoms with E-state index in [0.717, 1.165) is 0 Å². The Hall–Kier alpha value is -3.08. The van der Waals surface area contributed by atoms with E-state index in [1.807, 2.05) is 0 Å². The van der Waals surface area contributed by atoms with Gasteiger partial charge in [-0.25, -0.2) is 4.79 Å². The van der Waals surface area contributed by atoms with E-state index in [4.69, 9.17) is 14.2 Å². The zero-order valence-electron chi connectivity index (χ0n) is 12.8. The molecule has 5 nitrogen and oxygen atoms in total. The van der Waals surface area contributed by atoms with Crippen LogP contribution in [0.15, 0.2) is 48.5 Å². The number of carbonyl (C=O) groups excluding carboxylic acids is 2. The van der Waals surface area contributed by atoms with Gasteiger partial charge in [0, 0.05) is 11.6 Å².